The second-order valence-electron chi connectivity index (χ2n) is 8.45. The molecule has 1 atom stereocenters. The summed E-state index contributed by atoms with van der Waals surface area (Å²) in [4.78, 5) is 39.4. The number of ether oxygens (including phenoxy) is 1. The molecule has 1 aliphatic carbocycles. The van der Waals surface area contributed by atoms with E-state index in [1.807, 2.05) is 4.90 Å². The highest BCUT2D eigenvalue weighted by Gasteiger charge is 2.28. The molecule has 0 saturated carbocycles. The molecule has 2 aromatic heterocycles. The van der Waals surface area contributed by atoms with E-state index in [1.54, 1.807) is 23.1 Å². The summed E-state index contributed by atoms with van der Waals surface area (Å²) >= 11 is 3.20. The lowest BCUT2D eigenvalue weighted by atomic mass is 10.1. The summed E-state index contributed by atoms with van der Waals surface area (Å²) in [5.41, 5.74) is 1.19. The van der Waals surface area contributed by atoms with Crippen molar-refractivity contribution in [2.24, 2.45) is 5.92 Å². The Balaban J connectivity index is 1.12. The van der Waals surface area contributed by atoms with Crippen LogP contribution < -0.4 is 5.56 Å². The van der Waals surface area contributed by atoms with Gasteiger partial charge in [0.05, 0.1) is 30.1 Å². The molecule has 1 unspecified atom stereocenters. The number of rotatable bonds is 6. The number of aromatic amines is 1. The zero-order valence-electron chi connectivity index (χ0n) is 17.2. The number of carbonyl (C=O) groups is 1. The standard InChI is InChI=1S/C21H28N4O3S2/c26-18(25-5-4-14(11-25)10-24-6-8-28-9-7-24)13-29-12-17-22-20(27)19-15-2-1-3-16(15)30-21(19)23-17/h14H,1-13H2,(H,22,23,27). The van der Waals surface area contributed by atoms with Crippen LogP contribution in [0.4, 0.5) is 0 Å². The van der Waals surface area contributed by atoms with Crippen molar-refractivity contribution < 1.29 is 9.53 Å². The lowest BCUT2D eigenvalue weighted by molar-refractivity contribution is -0.127. The monoisotopic (exact) mass is 448 g/mol. The fourth-order valence-electron chi connectivity index (χ4n) is 4.80. The lowest BCUT2D eigenvalue weighted by Crippen LogP contribution is -2.40. The van der Waals surface area contributed by atoms with E-state index in [0.717, 1.165) is 81.8 Å². The molecule has 0 spiro atoms. The van der Waals surface area contributed by atoms with Gasteiger partial charge in [-0.25, -0.2) is 4.98 Å². The maximum atomic E-state index is 12.6. The molecule has 4 heterocycles. The maximum absolute atomic E-state index is 12.6. The molecule has 1 N–H and O–H groups in total. The summed E-state index contributed by atoms with van der Waals surface area (Å²) in [7, 11) is 0. The number of carbonyl (C=O) groups excluding carboxylic acids is 1. The van der Waals surface area contributed by atoms with Gasteiger partial charge in [-0.2, -0.15) is 0 Å². The molecule has 0 bridgehead atoms. The molecule has 30 heavy (non-hydrogen) atoms. The fraction of sp³-hybridized carbons (Fsp3) is 0.667. The van der Waals surface area contributed by atoms with Crippen molar-refractivity contribution in [1.82, 2.24) is 19.8 Å². The van der Waals surface area contributed by atoms with E-state index in [-0.39, 0.29) is 11.5 Å². The highest BCUT2D eigenvalue weighted by Crippen LogP contribution is 2.34. The van der Waals surface area contributed by atoms with Crippen LogP contribution in [-0.2, 0) is 28.1 Å². The third-order valence-corrected chi connectivity index (χ3v) is 8.46. The number of amides is 1. The number of hydrogen-bond donors (Lipinski definition) is 1. The SMILES string of the molecule is O=C(CSCc1nc2sc3c(c2c(=O)[nH]1)CCC3)N1CCC(CN2CCOCC2)C1. The number of thiophene rings is 1. The second kappa shape index (κ2) is 8.98. The molecular weight excluding hydrogens is 420 g/mol. The van der Waals surface area contributed by atoms with Crippen LogP contribution in [0, 0.1) is 5.92 Å². The Labute approximate surface area is 184 Å². The summed E-state index contributed by atoms with van der Waals surface area (Å²) in [6, 6.07) is 0. The van der Waals surface area contributed by atoms with Crippen LogP contribution in [0.1, 0.15) is 29.1 Å². The van der Waals surface area contributed by atoms with Crippen LogP contribution in [0.3, 0.4) is 0 Å². The lowest BCUT2D eigenvalue weighted by Gasteiger charge is -2.29. The molecule has 7 nitrogen and oxygen atoms in total. The van der Waals surface area contributed by atoms with Gasteiger partial charge in [0.1, 0.15) is 10.7 Å². The van der Waals surface area contributed by atoms with Crippen LogP contribution in [-0.4, -0.2) is 77.4 Å². The molecule has 3 aliphatic rings. The number of hydrogen-bond acceptors (Lipinski definition) is 7. The minimum absolute atomic E-state index is 0.0215. The van der Waals surface area contributed by atoms with Gasteiger partial charge in [0.15, 0.2) is 0 Å². The smallest absolute Gasteiger partial charge is 0.259 e. The molecule has 0 radical (unpaired) electrons. The van der Waals surface area contributed by atoms with E-state index >= 15 is 0 Å². The molecule has 2 aliphatic heterocycles. The van der Waals surface area contributed by atoms with Gasteiger partial charge in [-0.05, 0) is 37.2 Å². The first-order valence-electron chi connectivity index (χ1n) is 10.9. The molecule has 162 valence electrons. The average Bonchev–Trinajstić information content (AvgIpc) is 3.44. The van der Waals surface area contributed by atoms with Gasteiger partial charge in [0, 0.05) is 37.6 Å². The van der Waals surface area contributed by atoms with E-state index in [1.165, 1.54) is 10.4 Å². The Bertz CT molecular complexity index is 983. The van der Waals surface area contributed by atoms with Crippen LogP contribution in [0.5, 0.6) is 0 Å². The number of likely N-dealkylation sites (tertiary alicyclic amines) is 1. The topological polar surface area (TPSA) is 78.5 Å². The van der Waals surface area contributed by atoms with E-state index in [9.17, 15) is 9.59 Å². The summed E-state index contributed by atoms with van der Waals surface area (Å²) < 4.78 is 5.42. The Morgan fingerprint density at radius 1 is 1.27 bits per heavy atom. The number of nitrogens with one attached hydrogen (secondary N) is 1. The van der Waals surface area contributed by atoms with E-state index in [0.29, 0.717) is 23.2 Å². The van der Waals surface area contributed by atoms with Gasteiger partial charge in [0.25, 0.3) is 5.56 Å². The van der Waals surface area contributed by atoms with Crippen LogP contribution in [0.2, 0.25) is 0 Å². The molecule has 9 heteroatoms. The van der Waals surface area contributed by atoms with Crippen molar-refractivity contribution in [3.8, 4) is 0 Å². The summed E-state index contributed by atoms with van der Waals surface area (Å²) in [6.07, 6.45) is 4.28. The van der Waals surface area contributed by atoms with Crippen molar-refractivity contribution in [3.05, 3.63) is 26.6 Å². The second-order valence-corrected chi connectivity index (χ2v) is 10.5. The average molecular weight is 449 g/mol. The minimum Gasteiger partial charge on any atom is -0.379 e. The van der Waals surface area contributed by atoms with Crippen molar-refractivity contribution in [2.75, 3.05) is 51.7 Å². The fourth-order valence-corrected chi connectivity index (χ4v) is 6.87. The number of aromatic nitrogens is 2. The molecule has 1 amide bonds. The summed E-state index contributed by atoms with van der Waals surface area (Å²) in [5.74, 6) is 2.44. The number of nitrogens with zero attached hydrogens (tertiary/aromatic N) is 3. The number of H-pyrrole nitrogens is 1. The highest BCUT2D eigenvalue weighted by atomic mass is 32.2. The van der Waals surface area contributed by atoms with Crippen molar-refractivity contribution in [3.63, 3.8) is 0 Å². The zero-order valence-corrected chi connectivity index (χ0v) is 18.8. The van der Waals surface area contributed by atoms with E-state index in [2.05, 4.69) is 14.9 Å². The summed E-state index contributed by atoms with van der Waals surface area (Å²) in [6.45, 7) is 6.43. The van der Waals surface area contributed by atoms with Gasteiger partial charge in [-0.3, -0.25) is 14.5 Å². The van der Waals surface area contributed by atoms with Crippen LogP contribution >= 0.6 is 23.1 Å². The zero-order chi connectivity index (χ0) is 20.5. The van der Waals surface area contributed by atoms with Crippen molar-refractivity contribution in [2.45, 2.75) is 31.4 Å². The van der Waals surface area contributed by atoms with Gasteiger partial charge in [-0.15, -0.1) is 23.1 Å². The number of thioether (sulfide) groups is 1. The van der Waals surface area contributed by atoms with Gasteiger partial charge >= 0.3 is 0 Å². The van der Waals surface area contributed by atoms with Crippen LogP contribution in [0.25, 0.3) is 10.2 Å². The largest absolute Gasteiger partial charge is 0.379 e. The Morgan fingerprint density at radius 2 is 2.13 bits per heavy atom. The van der Waals surface area contributed by atoms with E-state index < -0.39 is 0 Å². The molecule has 0 aromatic carbocycles. The summed E-state index contributed by atoms with van der Waals surface area (Å²) in [5, 5.41) is 0.792. The van der Waals surface area contributed by atoms with Gasteiger partial charge in [-0.1, -0.05) is 0 Å². The normalized spacial score (nSPS) is 22.1. The molecule has 5 rings (SSSR count). The van der Waals surface area contributed by atoms with Crippen molar-refractivity contribution in [1.29, 1.82) is 0 Å². The molecular formula is C21H28N4O3S2. The first-order chi connectivity index (χ1) is 14.7. The number of fused-ring (bicyclic) bond motifs is 3. The predicted molar refractivity (Wildman–Crippen MR) is 120 cm³/mol. The van der Waals surface area contributed by atoms with Crippen molar-refractivity contribution >= 4 is 39.2 Å². The van der Waals surface area contributed by atoms with Crippen LogP contribution in [0.15, 0.2) is 4.79 Å². The first kappa shape index (κ1) is 20.5. The Morgan fingerprint density at radius 3 is 3.00 bits per heavy atom. The molecule has 2 aromatic rings. The first-order valence-corrected chi connectivity index (χ1v) is 12.8. The quantitative estimate of drug-likeness (QED) is 0.727. The molecule has 2 fully saturated rings. The third kappa shape index (κ3) is 4.30. The Hall–Kier alpha value is -1.42. The predicted octanol–water partition coefficient (Wildman–Crippen LogP) is 1.89. The Kier molecular flexibility index (Phi) is 6.13. The minimum atomic E-state index is -0.0215. The third-order valence-electron chi connectivity index (χ3n) is 6.35. The highest BCUT2D eigenvalue weighted by molar-refractivity contribution is 7.99. The van der Waals surface area contributed by atoms with Gasteiger partial charge in [0.2, 0.25) is 5.91 Å². The number of morpholine rings is 1. The van der Waals surface area contributed by atoms with E-state index in [4.69, 9.17) is 4.74 Å². The molecule has 2 saturated heterocycles. The number of aryl methyl sites for hydroxylation is 2. The maximum Gasteiger partial charge on any atom is 0.259 e. The van der Waals surface area contributed by atoms with Gasteiger partial charge < -0.3 is 14.6 Å².